The van der Waals surface area contributed by atoms with Gasteiger partial charge in [-0.15, -0.1) is 0 Å². The summed E-state index contributed by atoms with van der Waals surface area (Å²) in [5.41, 5.74) is 0. The Morgan fingerprint density at radius 1 is 1.69 bits per heavy atom. The molecular weight excluding hydrogens is 212 g/mol. The summed E-state index contributed by atoms with van der Waals surface area (Å²) in [7, 11) is 0. The standard InChI is InChI=1S/C7H7ClN2O2S/c8-5-4(6(11)12)13-7(10-5)9-3-1-2-3/h3H,1-2H2,(H,9,10)(H,11,12). The number of rotatable bonds is 3. The highest BCUT2D eigenvalue weighted by molar-refractivity contribution is 7.18. The molecule has 0 atom stereocenters. The molecule has 0 radical (unpaired) electrons. The van der Waals surface area contributed by atoms with Crippen molar-refractivity contribution in [3.05, 3.63) is 10.0 Å². The Balaban J connectivity index is 2.18. The molecule has 1 aromatic rings. The third-order valence-corrected chi connectivity index (χ3v) is 3.05. The Morgan fingerprint density at radius 3 is 2.85 bits per heavy atom. The molecule has 0 aliphatic heterocycles. The number of carboxylic acids is 1. The third kappa shape index (κ3) is 1.92. The van der Waals surface area contributed by atoms with Crippen molar-refractivity contribution in [2.24, 2.45) is 0 Å². The minimum absolute atomic E-state index is 0.0700. The van der Waals surface area contributed by atoms with Crippen molar-refractivity contribution in [3.63, 3.8) is 0 Å². The van der Waals surface area contributed by atoms with E-state index >= 15 is 0 Å². The average Bonchev–Trinajstić information content (AvgIpc) is 2.75. The van der Waals surface area contributed by atoms with Gasteiger partial charge in [0.05, 0.1) is 0 Å². The monoisotopic (exact) mass is 218 g/mol. The molecular formula is C7H7ClN2O2S. The van der Waals surface area contributed by atoms with Gasteiger partial charge in [-0.25, -0.2) is 9.78 Å². The average molecular weight is 219 g/mol. The summed E-state index contributed by atoms with van der Waals surface area (Å²) < 4.78 is 0. The van der Waals surface area contributed by atoms with E-state index in [9.17, 15) is 4.79 Å². The lowest BCUT2D eigenvalue weighted by Gasteiger charge is -1.94. The summed E-state index contributed by atoms with van der Waals surface area (Å²) in [6, 6.07) is 0.462. The minimum Gasteiger partial charge on any atom is -0.477 e. The van der Waals surface area contributed by atoms with Crippen molar-refractivity contribution in [1.29, 1.82) is 0 Å². The highest BCUT2D eigenvalue weighted by Gasteiger charge is 2.24. The van der Waals surface area contributed by atoms with Crippen LogP contribution in [0, 0.1) is 0 Å². The first-order chi connectivity index (χ1) is 6.16. The molecule has 1 aromatic heterocycles. The highest BCUT2D eigenvalue weighted by Crippen LogP contribution is 2.31. The van der Waals surface area contributed by atoms with Crippen LogP contribution >= 0.6 is 22.9 Å². The number of hydrogen-bond acceptors (Lipinski definition) is 4. The van der Waals surface area contributed by atoms with E-state index < -0.39 is 5.97 Å². The van der Waals surface area contributed by atoms with Crippen molar-refractivity contribution in [2.45, 2.75) is 18.9 Å². The molecule has 4 nitrogen and oxygen atoms in total. The van der Waals surface area contributed by atoms with Crippen molar-refractivity contribution >= 4 is 34.0 Å². The van der Waals surface area contributed by atoms with Crippen LogP contribution in [0.3, 0.4) is 0 Å². The zero-order chi connectivity index (χ0) is 9.42. The number of aromatic nitrogens is 1. The normalized spacial score (nSPS) is 15.8. The zero-order valence-electron chi connectivity index (χ0n) is 6.58. The van der Waals surface area contributed by atoms with E-state index in [2.05, 4.69) is 10.3 Å². The van der Waals surface area contributed by atoms with E-state index in [0.29, 0.717) is 11.2 Å². The molecule has 13 heavy (non-hydrogen) atoms. The summed E-state index contributed by atoms with van der Waals surface area (Å²) in [6.07, 6.45) is 2.25. The van der Waals surface area contributed by atoms with E-state index in [-0.39, 0.29) is 10.0 Å². The lowest BCUT2D eigenvalue weighted by Crippen LogP contribution is -1.99. The number of nitrogens with one attached hydrogen (secondary N) is 1. The smallest absolute Gasteiger partial charge is 0.349 e. The quantitative estimate of drug-likeness (QED) is 0.816. The lowest BCUT2D eigenvalue weighted by atomic mass is 10.6. The van der Waals surface area contributed by atoms with Gasteiger partial charge in [-0.1, -0.05) is 22.9 Å². The summed E-state index contributed by atoms with van der Waals surface area (Å²) in [6.45, 7) is 0. The van der Waals surface area contributed by atoms with Crippen molar-refractivity contribution in [2.75, 3.05) is 5.32 Å². The van der Waals surface area contributed by atoms with Gasteiger partial charge in [0, 0.05) is 6.04 Å². The highest BCUT2D eigenvalue weighted by atomic mass is 35.5. The summed E-state index contributed by atoms with van der Waals surface area (Å²) in [5.74, 6) is -1.02. The van der Waals surface area contributed by atoms with E-state index in [0.717, 1.165) is 24.2 Å². The Kier molecular flexibility index (Phi) is 2.13. The molecule has 70 valence electrons. The maximum atomic E-state index is 10.6. The number of carboxylic acid groups (broad SMARTS) is 1. The summed E-state index contributed by atoms with van der Waals surface area (Å²) >= 11 is 6.70. The van der Waals surface area contributed by atoms with Crippen molar-refractivity contribution in [3.8, 4) is 0 Å². The fraction of sp³-hybridized carbons (Fsp3) is 0.429. The molecule has 0 saturated heterocycles. The molecule has 0 amide bonds. The van der Waals surface area contributed by atoms with Gasteiger partial charge in [0.25, 0.3) is 0 Å². The fourth-order valence-corrected chi connectivity index (χ4v) is 2.00. The first-order valence-corrected chi connectivity index (χ1v) is 5.02. The first-order valence-electron chi connectivity index (χ1n) is 3.83. The van der Waals surface area contributed by atoms with E-state index in [1.54, 1.807) is 0 Å². The number of thiazole rings is 1. The van der Waals surface area contributed by atoms with Crippen LogP contribution < -0.4 is 5.32 Å². The SMILES string of the molecule is O=C(O)c1sc(NC2CC2)nc1Cl. The molecule has 1 fully saturated rings. The largest absolute Gasteiger partial charge is 0.477 e. The summed E-state index contributed by atoms with van der Waals surface area (Å²) in [4.78, 5) is 14.6. The Bertz CT molecular complexity index is 348. The molecule has 1 saturated carbocycles. The second kappa shape index (κ2) is 3.16. The van der Waals surface area contributed by atoms with Crippen LogP contribution in [0.5, 0.6) is 0 Å². The van der Waals surface area contributed by atoms with Crippen molar-refractivity contribution in [1.82, 2.24) is 4.98 Å². The number of nitrogens with zero attached hydrogens (tertiary/aromatic N) is 1. The predicted octanol–water partition coefficient (Wildman–Crippen LogP) is 2.07. The number of aromatic carboxylic acids is 1. The molecule has 1 heterocycles. The third-order valence-electron chi connectivity index (χ3n) is 1.69. The molecule has 0 unspecified atom stereocenters. The van der Waals surface area contributed by atoms with Crippen LogP contribution in [-0.4, -0.2) is 22.1 Å². The van der Waals surface area contributed by atoms with Gasteiger partial charge in [0.1, 0.15) is 0 Å². The number of halogens is 1. The molecule has 1 aliphatic rings. The van der Waals surface area contributed by atoms with Crippen LogP contribution in [0.25, 0.3) is 0 Å². The molecule has 2 N–H and O–H groups in total. The molecule has 6 heteroatoms. The van der Waals surface area contributed by atoms with Crippen LogP contribution in [0.2, 0.25) is 5.15 Å². The van der Waals surface area contributed by atoms with Crippen molar-refractivity contribution < 1.29 is 9.90 Å². The van der Waals surface area contributed by atoms with Gasteiger partial charge in [-0.2, -0.15) is 0 Å². The molecule has 0 aromatic carbocycles. The van der Waals surface area contributed by atoms with E-state index in [1.807, 2.05) is 0 Å². The lowest BCUT2D eigenvalue weighted by molar-refractivity contribution is 0.0702. The van der Waals surface area contributed by atoms with E-state index in [1.165, 1.54) is 0 Å². The zero-order valence-corrected chi connectivity index (χ0v) is 8.15. The summed E-state index contributed by atoms with van der Waals surface area (Å²) in [5, 5.41) is 12.5. The van der Waals surface area contributed by atoms with Crippen LogP contribution in [0.1, 0.15) is 22.5 Å². The van der Waals surface area contributed by atoms with Gasteiger partial charge in [-0.3, -0.25) is 0 Å². The second-order valence-corrected chi connectivity index (χ2v) is 4.22. The second-order valence-electron chi connectivity index (χ2n) is 2.86. The van der Waals surface area contributed by atoms with Gasteiger partial charge in [-0.05, 0) is 12.8 Å². The molecule has 0 bridgehead atoms. The van der Waals surface area contributed by atoms with E-state index in [4.69, 9.17) is 16.7 Å². The van der Waals surface area contributed by atoms with Gasteiger partial charge in [0.15, 0.2) is 15.2 Å². The predicted molar refractivity (Wildman–Crippen MR) is 50.7 cm³/mol. The van der Waals surface area contributed by atoms with Gasteiger partial charge >= 0.3 is 5.97 Å². The van der Waals surface area contributed by atoms with Crippen LogP contribution in [0.4, 0.5) is 5.13 Å². The molecule has 1 aliphatic carbocycles. The van der Waals surface area contributed by atoms with Gasteiger partial charge in [0.2, 0.25) is 0 Å². The number of hydrogen-bond donors (Lipinski definition) is 2. The topological polar surface area (TPSA) is 62.2 Å². The minimum atomic E-state index is -1.02. The molecule has 2 rings (SSSR count). The fourth-order valence-electron chi connectivity index (χ4n) is 0.897. The maximum absolute atomic E-state index is 10.6. The number of anilines is 1. The maximum Gasteiger partial charge on any atom is 0.349 e. The Hall–Kier alpha value is -0.810. The Labute approximate surface area is 83.6 Å². The number of carbonyl (C=O) groups is 1. The first kappa shape index (κ1) is 8.77. The van der Waals surface area contributed by atoms with Gasteiger partial charge < -0.3 is 10.4 Å². The van der Waals surface area contributed by atoms with Crippen LogP contribution in [0.15, 0.2) is 0 Å². The molecule has 0 spiro atoms. The van der Waals surface area contributed by atoms with Crippen LogP contribution in [-0.2, 0) is 0 Å². The Morgan fingerprint density at radius 2 is 2.38 bits per heavy atom.